The number of aryl methyl sites for hydroxylation is 1. The van der Waals surface area contributed by atoms with Crippen molar-refractivity contribution in [3.05, 3.63) is 100 Å². The molecule has 0 atom stereocenters. The fourth-order valence-electron chi connectivity index (χ4n) is 3.52. The number of benzene rings is 3. The van der Waals surface area contributed by atoms with Crippen molar-refractivity contribution < 1.29 is 14.6 Å². The van der Waals surface area contributed by atoms with E-state index < -0.39 is 0 Å². The Kier molecular flexibility index (Phi) is 6.60. The van der Waals surface area contributed by atoms with Crippen molar-refractivity contribution >= 4 is 28.1 Å². The standard InChI is InChI=1S/C26H22BrN3O3/c1-17-8-13-23(18-6-4-3-5-7-18)30(17)21-11-9-19(10-12-21)26(32)29-28-16-20-14-25(33-2)24(31)15-22(20)27/h3-16,31H,1-2H3,(H,29,32)/b28-16+. The van der Waals surface area contributed by atoms with Gasteiger partial charge in [-0.2, -0.15) is 5.10 Å². The monoisotopic (exact) mass is 503 g/mol. The number of halogens is 1. The molecule has 1 aromatic heterocycles. The summed E-state index contributed by atoms with van der Waals surface area (Å²) in [5.74, 6) is 0.00270. The van der Waals surface area contributed by atoms with Crippen LogP contribution in [0.4, 0.5) is 0 Å². The SMILES string of the molecule is COc1cc(/C=N/NC(=O)c2ccc(-n3c(C)ccc3-c3ccccc3)cc2)c(Br)cc1O. The first kappa shape index (κ1) is 22.4. The first-order valence-corrected chi connectivity index (χ1v) is 11.0. The van der Waals surface area contributed by atoms with Gasteiger partial charge in [0.2, 0.25) is 0 Å². The third-order valence-corrected chi connectivity index (χ3v) is 5.89. The summed E-state index contributed by atoms with van der Waals surface area (Å²) < 4.78 is 7.88. The quantitative estimate of drug-likeness (QED) is 0.262. The van der Waals surface area contributed by atoms with Crippen molar-refractivity contribution in [1.29, 1.82) is 0 Å². The summed E-state index contributed by atoms with van der Waals surface area (Å²) in [6.45, 7) is 2.05. The van der Waals surface area contributed by atoms with E-state index in [-0.39, 0.29) is 11.7 Å². The summed E-state index contributed by atoms with van der Waals surface area (Å²) in [5.41, 5.74) is 7.95. The lowest BCUT2D eigenvalue weighted by Gasteiger charge is -2.12. The van der Waals surface area contributed by atoms with Gasteiger partial charge in [0.15, 0.2) is 11.5 Å². The molecule has 1 heterocycles. The van der Waals surface area contributed by atoms with Gasteiger partial charge in [-0.25, -0.2) is 5.43 Å². The van der Waals surface area contributed by atoms with Crippen LogP contribution in [0.3, 0.4) is 0 Å². The molecule has 0 bridgehead atoms. The van der Waals surface area contributed by atoms with Crippen LogP contribution in [0.15, 0.2) is 88.4 Å². The molecule has 4 rings (SSSR count). The van der Waals surface area contributed by atoms with E-state index in [0.29, 0.717) is 21.3 Å². The lowest BCUT2D eigenvalue weighted by molar-refractivity contribution is 0.0955. The van der Waals surface area contributed by atoms with Gasteiger partial charge < -0.3 is 14.4 Å². The largest absolute Gasteiger partial charge is 0.504 e. The van der Waals surface area contributed by atoms with Gasteiger partial charge >= 0.3 is 0 Å². The molecule has 7 heteroatoms. The van der Waals surface area contributed by atoms with E-state index in [2.05, 4.69) is 62.2 Å². The Morgan fingerprint density at radius 1 is 1.06 bits per heavy atom. The van der Waals surface area contributed by atoms with E-state index in [1.165, 1.54) is 19.4 Å². The van der Waals surface area contributed by atoms with Gasteiger partial charge in [0, 0.05) is 27.0 Å². The number of phenols is 1. The first-order valence-electron chi connectivity index (χ1n) is 10.2. The van der Waals surface area contributed by atoms with Crippen molar-refractivity contribution in [1.82, 2.24) is 9.99 Å². The third kappa shape index (κ3) is 4.83. The number of hydrogen-bond donors (Lipinski definition) is 2. The van der Waals surface area contributed by atoms with Gasteiger partial charge in [0.1, 0.15) is 0 Å². The Morgan fingerprint density at radius 3 is 2.48 bits per heavy atom. The number of aromatic nitrogens is 1. The number of nitrogens with one attached hydrogen (secondary N) is 1. The van der Waals surface area contributed by atoms with Gasteiger partial charge in [-0.3, -0.25) is 4.79 Å². The number of carbonyl (C=O) groups excluding carboxylic acids is 1. The minimum absolute atomic E-state index is 0.0130. The second-order valence-corrected chi connectivity index (χ2v) is 8.21. The molecule has 0 spiro atoms. The number of hydrazone groups is 1. The molecule has 166 valence electrons. The molecule has 0 unspecified atom stereocenters. The number of aromatic hydroxyl groups is 1. The minimum Gasteiger partial charge on any atom is -0.504 e. The van der Waals surface area contributed by atoms with Crippen molar-refractivity contribution in [2.75, 3.05) is 7.11 Å². The molecular weight excluding hydrogens is 482 g/mol. The van der Waals surface area contributed by atoms with Crippen molar-refractivity contribution in [3.8, 4) is 28.4 Å². The zero-order valence-corrected chi connectivity index (χ0v) is 19.7. The molecular formula is C26H22BrN3O3. The maximum absolute atomic E-state index is 12.5. The molecule has 2 N–H and O–H groups in total. The van der Waals surface area contributed by atoms with E-state index in [0.717, 1.165) is 22.6 Å². The first-order chi connectivity index (χ1) is 16.0. The van der Waals surface area contributed by atoms with Crippen LogP contribution >= 0.6 is 15.9 Å². The van der Waals surface area contributed by atoms with E-state index in [4.69, 9.17) is 4.74 Å². The van der Waals surface area contributed by atoms with Crippen LogP contribution < -0.4 is 10.2 Å². The molecule has 1 amide bonds. The summed E-state index contributed by atoms with van der Waals surface area (Å²) in [6.07, 6.45) is 1.48. The normalized spacial score (nSPS) is 11.0. The molecule has 0 saturated heterocycles. The number of amides is 1. The van der Waals surface area contributed by atoms with Gasteiger partial charge in [0.25, 0.3) is 5.91 Å². The Bertz CT molecular complexity index is 1310. The molecule has 33 heavy (non-hydrogen) atoms. The highest BCUT2D eigenvalue weighted by Gasteiger charge is 2.11. The second-order valence-electron chi connectivity index (χ2n) is 7.35. The number of ether oxygens (including phenoxy) is 1. The number of rotatable bonds is 6. The van der Waals surface area contributed by atoms with E-state index >= 15 is 0 Å². The van der Waals surface area contributed by atoms with Crippen LogP contribution in [0.25, 0.3) is 16.9 Å². The van der Waals surface area contributed by atoms with Crippen LogP contribution in [-0.2, 0) is 0 Å². The number of carbonyl (C=O) groups is 1. The minimum atomic E-state index is -0.327. The molecule has 0 saturated carbocycles. The molecule has 0 fully saturated rings. The van der Waals surface area contributed by atoms with Crippen LogP contribution in [0, 0.1) is 6.92 Å². The van der Waals surface area contributed by atoms with E-state index in [9.17, 15) is 9.90 Å². The molecule has 6 nitrogen and oxygen atoms in total. The number of nitrogens with zero attached hydrogens (tertiary/aromatic N) is 2. The molecule has 0 aliphatic rings. The zero-order valence-electron chi connectivity index (χ0n) is 18.1. The van der Waals surface area contributed by atoms with Gasteiger partial charge in [0.05, 0.1) is 19.0 Å². The summed E-state index contributed by atoms with van der Waals surface area (Å²) in [4.78, 5) is 12.5. The fourth-order valence-corrected chi connectivity index (χ4v) is 3.96. The number of phenolic OH excluding ortho intramolecular Hbond substituents is 1. The topological polar surface area (TPSA) is 75.8 Å². The number of methoxy groups -OCH3 is 1. The summed E-state index contributed by atoms with van der Waals surface area (Å²) in [6, 6.07) is 24.9. The lowest BCUT2D eigenvalue weighted by atomic mass is 10.1. The Balaban J connectivity index is 1.50. The van der Waals surface area contributed by atoms with Gasteiger partial charge in [-0.15, -0.1) is 0 Å². The summed E-state index contributed by atoms with van der Waals surface area (Å²) in [5, 5.41) is 13.8. The van der Waals surface area contributed by atoms with E-state index in [1.54, 1.807) is 18.2 Å². The van der Waals surface area contributed by atoms with Gasteiger partial charge in [-0.05, 0) is 76.9 Å². The summed E-state index contributed by atoms with van der Waals surface area (Å²) >= 11 is 3.36. The Labute approximate surface area is 200 Å². The summed E-state index contributed by atoms with van der Waals surface area (Å²) in [7, 11) is 1.47. The molecule has 4 aromatic rings. The van der Waals surface area contributed by atoms with Crippen molar-refractivity contribution in [3.63, 3.8) is 0 Å². The van der Waals surface area contributed by atoms with E-state index in [1.807, 2.05) is 30.3 Å². The average Bonchev–Trinajstić information content (AvgIpc) is 3.22. The highest BCUT2D eigenvalue weighted by molar-refractivity contribution is 9.10. The third-order valence-electron chi connectivity index (χ3n) is 5.20. The van der Waals surface area contributed by atoms with Crippen LogP contribution in [0.1, 0.15) is 21.6 Å². The van der Waals surface area contributed by atoms with Crippen molar-refractivity contribution in [2.45, 2.75) is 6.92 Å². The second kappa shape index (κ2) is 9.75. The van der Waals surface area contributed by atoms with Crippen LogP contribution in [-0.4, -0.2) is 28.9 Å². The maximum atomic E-state index is 12.5. The lowest BCUT2D eigenvalue weighted by Crippen LogP contribution is -2.17. The van der Waals surface area contributed by atoms with Gasteiger partial charge in [-0.1, -0.05) is 30.3 Å². The Hall–Kier alpha value is -3.84. The number of hydrogen-bond acceptors (Lipinski definition) is 4. The predicted octanol–water partition coefficient (Wildman–Crippen LogP) is 5.69. The highest BCUT2D eigenvalue weighted by atomic mass is 79.9. The highest BCUT2D eigenvalue weighted by Crippen LogP contribution is 2.31. The Morgan fingerprint density at radius 2 is 1.79 bits per heavy atom. The van der Waals surface area contributed by atoms with Crippen LogP contribution in [0.2, 0.25) is 0 Å². The zero-order chi connectivity index (χ0) is 23.4. The molecule has 0 aliphatic heterocycles. The molecule has 0 radical (unpaired) electrons. The smallest absolute Gasteiger partial charge is 0.271 e. The van der Waals surface area contributed by atoms with Crippen LogP contribution in [0.5, 0.6) is 11.5 Å². The molecule has 0 aliphatic carbocycles. The maximum Gasteiger partial charge on any atom is 0.271 e. The average molecular weight is 504 g/mol. The molecule has 3 aromatic carbocycles. The predicted molar refractivity (Wildman–Crippen MR) is 133 cm³/mol. The fraction of sp³-hybridized carbons (Fsp3) is 0.0769. The van der Waals surface area contributed by atoms with Crippen molar-refractivity contribution in [2.24, 2.45) is 5.10 Å².